The second kappa shape index (κ2) is 6.34. The van der Waals surface area contributed by atoms with E-state index in [9.17, 15) is 4.57 Å². The molecule has 1 aromatic rings. The van der Waals surface area contributed by atoms with Crippen LogP contribution in [0.3, 0.4) is 0 Å². The average molecular weight is 255 g/mol. The summed E-state index contributed by atoms with van der Waals surface area (Å²) in [4.78, 5) is 0. The summed E-state index contributed by atoms with van der Waals surface area (Å²) in [7, 11) is -2.90. The highest BCUT2D eigenvalue weighted by molar-refractivity contribution is 7.64. The molecule has 4 heteroatoms. The number of rotatable bonds is 6. The van der Waals surface area contributed by atoms with Crippen molar-refractivity contribution in [2.24, 2.45) is 0 Å². The number of hydrogen-bond acceptors (Lipinski definition) is 2. The molecule has 0 aliphatic rings. The zero-order valence-corrected chi connectivity index (χ0v) is 12.0. The van der Waals surface area contributed by atoms with Crippen molar-refractivity contribution in [1.29, 1.82) is 0 Å². The van der Waals surface area contributed by atoms with E-state index in [0.29, 0.717) is 0 Å². The first kappa shape index (κ1) is 14.4. The minimum absolute atomic E-state index is 0.0540. The van der Waals surface area contributed by atoms with Crippen LogP contribution in [0.2, 0.25) is 0 Å². The molecule has 0 amide bonds. The van der Waals surface area contributed by atoms with Crippen LogP contribution in [0, 0.1) is 0 Å². The van der Waals surface area contributed by atoms with Crippen molar-refractivity contribution in [1.82, 2.24) is 4.67 Å². The highest BCUT2D eigenvalue weighted by Crippen LogP contribution is 2.50. The van der Waals surface area contributed by atoms with Gasteiger partial charge >= 0.3 is 7.52 Å². The maximum absolute atomic E-state index is 13.1. The normalized spacial score (nSPS) is 15.2. The fourth-order valence-electron chi connectivity index (χ4n) is 1.79. The van der Waals surface area contributed by atoms with Crippen LogP contribution in [-0.2, 0) is 9.09 Å². The van der Waals surface area contributed by atoms with Gasteiger partial charge in [0.25, 0.3) is 0 Å². The van der Waals surface area contributed by atoms with Crippen LogP contribution in [0.25, 0.3) is 0 Å². The molecule has 3 nitrogen and oxygen atoms in total. The van der Waals surface area contributed by atoms with Gasteiger partial charge in [-0.1, -0.05) is 32.0 Å². The zero-order valence-electron chi connectivity index (χ0n) is 11.1. The lowest BCUT2D eigenvalue weighted by atomic mass is 10.4. The van der Waals surface area contributed by atoms with Crippen molar-refractivity contribution in [3.05, 3.63) is 30.3 Å². The molecule has 0 bridgehead atoms. The van der Waals surface area contributed by atoms with E-state index in [1.54, 1.807) is 0 Å². The minimum atomic E-state index is -2.90. The molecule has 0 aliphatic carbocycles. The molecule has 0 saturated heterocycles. The van der Waals surface area contributed by atoms with Gasteiger partial charge in [-0.25, -0.2) is 4.67 Å². The molecule has 1 atom stereocenters. The van der Waals surface area contributed by atoms with Crippen LogP contribution < -0.4 is 5.30 Å². The molecule has 1 rings (SSSR count). The van der Waals surface area contributed by atoms with E-state index in [0.717, 1.165) is 18.4 Å². The van der Waals surface area contributed by atoms with Crippen LogP contribution in [0.15, 0.2) is 30.3 Å². The predicted octanol–water partition coefficient (Wildman–Crippen LogP) is 3.27. The van der Waals surface area contributed by atoms with Crippen molar-refractivity contribution in [3.63, 3.8) is 0 Å². The van der Waals surface area contributed by atoms with Crippen molar-refractivity contribution in [2.75, 3.05) is 13.1 Å². The third kappa shape index (κ3) is 3.41. The first-order valence-corrected chi connectivity index (χ1v) is 7.71. The van der Waals surface area contributed by atoms with Gasteiger partial charge in [0, 0.05) is 13.1 Å². The largest absolute Gasteiger partial charge is 0.311 e. The molecule has 17 heavy (non-hydrogen) atoms. The smallest absolute Gasteiger partial charge is 0.302 e. The topological polar surface area (TPSA) is 29.5 Å². The molecule has 0 radical (unpaired) electrons. The maximum Gasteiger partial charge on any atom is 0.302 e. The number of hydrogen-bond donors (Lipinski definition) is 0. The summed E-state index contributed by atoms with van der Waals surface area (Å²) >= 11 is 0. The molecule has 0 heterocycles. The van der Waals surface area contributed by atoms with E-state index < -0.39 is 7.52 Å². The quantitative estimate of drug-likeness (QED) is 0.731. The number of benzene rings is 1. The van der Waals surface area contributed by atoms with Crippen LogP contribution in [0.5, 0.6) is 0 Å². The fourth-order valence-corrected chi connectivity index (χ4v) is 4.24. The molecule has 1 unspecified atom stereocenters. The molecule has 0 spiro atoms. The van der Waals surface area contributed by atoms with E-state index in [1.165, 1.54) is 0 Å². The number of nitrogens with zero attached hydrogens (tertiary/aromatic N) is 1. The highest BCUT2D eigenvalue weighted by atomic mass is 31.2. The maximum atomic E-state index is 13.1. The standard InChI is InChI=1S/C13H22NO2P/c1-5-14(6-2)17(15,16-12(3)4)13-10-8-7-9-11-13/h7-12H,5-6H2,1-4H3. The Balaban J connectivity index is 3.15. The van der Waals surface area contributed by atoms with Gasteiger partial charge in [0.2, 0.25) is 0 Å². The third-order valence-electron chi connectivity index (χ3n) is 2.54. The van der Waals surface area contributed by atoms with E-state index in [-0.39, 0.29) is 6.10 Å². The Bertz CT molecular complexity index is 374. The first-order valence-electron chi connectivity index (χ1n) is 6.14. The zero-order chi connectivity index (χ0) is 12.9. The lowest BCUT2D eigenvalue weighted by molar-refractivity contribution is 0.217. The van der Waals surface area contributed by atoms with Crippen LogP contribution >= 0.6 is 7.52 Å². The summed E-state index contributed by atoms with van der Waals surface area (Å²) < 4.78 is 20.7. The van der Waals surface area contributed by atoms with Gasteiger partial charge in [-0.3, -0.25) is 4.57 Å². The Morgan fingerprint density at radius 1 is 1.18 bits per heavy atom. The lowest BCUT2D eigenvalue weighted by Crippen LogP contribution is -2.28. The Morgan fingerprint density at radius 2 is 1.71 bits per heavy atom. The van der Waals surface area contributed by atoms with Crippen LogP contribution in [0.1, 0.15) is 27.7 Å². The molecular weight excluding hydrogens is 233 g/mol. The lowest BCUT2D eigenvalue weighted by Gasteiger charge is -2.30. The SMILES string of the molecule is CCN(CC)P(=O)(OC(C)C)c1ccccc1. The van der Waals surface area contributed by atoms with E-state index in [4.69, 9.17) is 4.52 Å². The highest BCUT2D eigenvalue weighted by Gasteiger charge is 2.32. The Hall–Kier alpha value is -0.630. The van der Waals surface area contributed by atoms with E-state index in [1.807, 2.05) is 62.7 Å². The van der Waals surface area contributed by atoms with Gasteiger partial charge < -0.3 is 4.52 Å². The van der Waals surface area contributed by atoms with Crippen LogP contribution in [0.4, 0.5) is 0 Å². The Labute approximate surface area is 104 Å². The van der Waals surface area contributed by atoms with Crippen molar-refractivity contribution >= 4 is 12.8 Å². The summed E-state index contributed by atoms with van der Waals surface area (Å²) in [5.74, 6) is 0. The summed E-state index contributed by atoms with van der Waals surface area (Å²) in [5, 5.41) is 0.775. The third-order valence-corrected chi connectivity index (χ3v) is 5.51. The van der Waals surface area contributed by atoms with E-state index in [2.05, 4.69) is 0 Å². The van der Waals surface area contributed by atoms with Gasteiger partial charge in [0.15, 0.2) is 0 Å². The molecule has 0 aromatic heterocycles. The minimum Gasteiger partial charge on any atom is -0.311 e. The second-order valence-electron chi connectivity index (χ2n) is 4.15. The summed E-state index contributed by atoms with van der Waals surface area (Å²) in [5.41, 5.74) is 0. The monoisotopic (exact) mass is 255 g/mol. The van der Waals surface area contributed by atoms with Gasteiger partial charge in [0.1, 0.15) is 0 Å². The van der Waals surface area contributed by atoms with Gasteiger partial charge in [-0.15, -0.1) is 0 Å². The molecule has 0 fully saturated rings. The summed E-state index contributed by atoms with van der Waals surface area (Å²) in [6.07, 6.45) is -0.0540. The fraction of sp³-hybridized carbons (Fsp3) is 0.538. The van der Waals surface area contributed by atoms with E-state index >= 15 is 0 Å². The van der Waals surface area contributed by atoms with Gasteiger partial charge in [-0.2, -0.15) is 0 Å². The van der Waals surface area contributed by atoms with Crippen molar-refractivity contribution in [2.45, 2.75) is 33.8 Å². The van der Waals surface area contributed by atoms with Crippen molar-refractivity contribution in [3.8, 4) is 0 Å². The molecule has 96 valence electrons. The Morgan fingerprint density at radius 3 is 2.12 bits per heavy atom. The van der Waals surface area contributed by atoms with Gasteiger partial charge in [-0.05, 0) is 26.0 Å². The molecule has 0 N–H and O–H groups in total. The molecular formula is C13H22NO2P. The Kier molecular flexibility index (Phi) is 5.38. The van der Waals surface area contributed by atoms with Crippen molar-refractivity contribution < 1.29 is 9.09 Å². The predicted molar refractivity (Wildman–Crippen MR) is 72.8 cm³/mol. The first-order chi connectivity index (χ1) is 8.04. The molecule has 0 aliphatic heterocycles. The van der Waals surface area contributed by atoms with Crippen LogP contribution in [-0.4, -0.2) is 23.9 Å². The van der Waals surface area contributed by atoms with Gasteiger partial charge in [0.05, 0.1) is 11.4 Å². The summed E-state index contributed by atoms with van der Waals surface area (Å²) in [6.45, 7) is 9.27. The second-order valence-corrected chi connectivity index (χ2v) is 6.48. The molecule has 1 aromatic carbocycles. The average Bonchev–Trinajstić information content (AvgIpc) is 2.30. The molecule has 0 saturated carbocycles. The summed E-state index contributed by atoms with van der Waals surface area (Å²) in [6, 6.07) is 9.47.